The van der Waals surface area contributed by atoms with Crippen LogP contribution >= 0.6 is 0 Å². The number of benzene rings is 1. The Labute approximate surface area is 119 Å². The maximum absolute atomic E-state index is 9.50. The number of aliphatic hydroxyl groups excluding tert-OH is 1. The Morgan fingerprint density at radius 2 is 2.05 bits per heavy atom. The van der Waals surface area contributed by atoms with Gasteiger partial charge in [0, 0.05) is 25.3 Å². The van der Waals surface area contributed by atoms with Gasteiger partial charge in [-0.05, 0) is 31.0 Å². The molecular formula is C15H23N3O2. The lowest BCUT2D eigenvalue weighted by Crippen LogP contribution is -2.37. The van der Waals surface area contributed by atoms with Gasteiger partial charge in [-0.2, -0.15) is 0 Å². The van der Waals surface area contributed by atoms with Gasteiger partial charge in [0.2, 0.25) is 0 Å². The van der Waals surface area contributed by atoms with Gasteiger partial charge < -0.3 is 25.4 Å². The van der Waals surface area contributed by atoms with Gasteiger partial charge in [-0.15, -0.1) is 0 Å². The largest absolute Gasteiger partial charge is 0.397 e. The lowest BCUT2D eigenvalue weighted by atomic mass is 10.1. The highest BCUT2D eigenvalue weighted by molar-refractivity contribution is 5.74. The number of morpholine rings is 1. The molecule has 0 amide bonds. The van der Waals surface area contributed by atoms with Crippen molar-refractivity contribution in [3.63, 3.8) is 0 Å². The monoisotopic (exact) mass is 277 g/mol. The molecule has 2 aliphatic heterocycles. The number of nitrogens with zero attached hydrogens (tertiary/aromatic N) is 2. The Hall–Kier alpha value is -1.46. The van der Waals surface area contributed by atoms with Crippen LogP contribution in [0.4, 0.5) is 17.1 Å². The van der Waals surface area contributed by atoms with Crippen LogP contribution in [0.5, 0.6) is 0 Å². The molecule has 3 N–H and O–H groups in total. The van der Waals surface area contributed by atoms with Crippen LogP contribution < -0.4 is 15.5 Å². The summed E-state index contributed by atoms with van der Waals surface area (Å²) in [6.45, 7) is 4.58. The first kappa shape index (κ1) is 13.5. The molecule has 0 aliphatic carbocycles. The minimum absolute atomic E-state index is 0.196. The second-order valence-corrected chi connectivity index (χ2v) is 5.51. The predicted octanol–water partition coefficient (Wildman–Crippen LogP) is 1.07. The van der Waals surface area contributed by atoms with Crippen molar-refractivity contribution in [2.24, 2.45) is 0 Å². The standard InChI is InChI=1S/C15H23N3O2/c16-14-4-3-12(17-6-8-20-9-7-17)10-15(14)18-5-1-2-13(18)11-19/h3-4,10,13,19H,1-2,5-9,11,16H2/t13-/m0/s1. The number of hydrogen-bond donors (Lipinski definition) is 2. The quantitative estimate of drug-likeness (QED) is 0.809. The Bertz CT molecular complexity index is 460. The molecule has 2 fully saturated rings. The third-order valence-electron chi connectivity index (χ3n) is 4.29. The normalized spacial score (nSPS) is 23.4. The summed E-state index contributed by atoms with van der Waals surface area (Å²) in [5.41, 5.74) is 9.20. The molecule has 0 saturated carbocycles. The fraction of sp³-hybridized carbons (Fsp3) is 0.600. The molecule has 1 aromatic carbocycles. The number of nitrogen functional groups attached to an aromatic ring is 1. The SMILES string of the molecule is Nc1ccc(N2CCOCC2)cc1N1CCC[C@H]1CO. The number of ether oxygens (including phenoxy) is 1. The number of aliphatic hydroxyl groups is 1. The predicted molar refractivity (Wildman–Crippen MR) is 81.3 cm³/mol. The molecule has 20 heavy (non-hydrogen) atoms. The van der Waals surface area contributed by atoms with Gasteiger partial charge in [0.25, 0.3) is 0 Å². The molecule has 0 unspecified atom stereocenters. The van der Waals surface area contributed by atoms with Gasteiger partial charge in [-0.25, -0.2) is 0 Å². The van der Waals surface area contributed by atoms with Crippen molar-refractivity contribution >= 4 is 17.1 Å². The Balaban J connectivity index is 1.86. The van der Waals surface area contributed by atoms with E-state index in [0.29, 0.717) is 0 Å². The van der Waals surface area contributed by atoms with Crippen LogP contribution in [0.15, 0.2) is 18.2 Å². The van der Waals surface area contributed by atoms with E-state index in [1.807, 2.05) is 6.07 Å². The van der Waals surface area contributed by atoms with Crippen molar-refractivity contribution in [3.05, 3.63) is 18.2 Å². The number of nitrogens with two attached hydrogens (primary N) is 1. The molecule has 110 valence electrons. The van der Waals surface area contributed by atoms with E-state index in [0.717, 1.165) is 57.1 Å². The molecule has 0 bridgehead atoms. The summed E-state index contributed by atoms with van der Waals surface area (Å²) in [7, 11) is 0. The van der Waals surface area contributed by atoms with Crippen LogP contribution in [0, 0.1) is 0 Å². The summed E-state index contributed by atoms with van der Waals surface area (Å²) in [6.07, 6.45) is 2.16. The van der Waals surface area contributed by atoms with E-state index in [2.05, 4.69) is 21.9 Å². The van der Waals surface area contributed by atoms with Crippen molar-refractivity contribution in [1.82, 2.24) is 0 Å². The molecule has 3 rings (SSSR count). The summed E-state index contributed by atoms with van der Waals surface area (Å²) in [5, 5.41) is 9.50. The number of anilines is 3. The van der Waals surface area contributed by atoms with Gasteiger partial charge in [0.1, 0.15) is 0 Å². The second-order valence-electron chi connectivity index (χ2n) is 5.51. The second kappa shape index (κ2) is 5.89. The zero-order valence-electron chi connectivity index (χ0n) is 11.8. The highest BCUT2D eigenvalue weighted by Crippen LogP contribution is 2.33. The zero-order chi connectivity index (χ0) is 13.9. The van der Waals surface area contributed by atoms with Gasteiger partial charge in [0.05, 0.1) is 37.2 Å². The first-order valence-corrected chi connectivity index (χ1v) is 7.39. The van der Waals surface area contributed by atoms with E-state index in [9.17, 15) is 5.11 Å². The molecular weight excluding hydrogens is 254 g/mol. The Kier molecular flexibility index (Phi) is 3.98. The molecule has 5 nitrogen and oxygen atoms in total. The molecule has 0 radical (unpaired) electrons. The van der Waals surface area contributed by atoms with E-state index in [1.165, 1.54) is 5.69 Å². The zero-order valence-corrected chi connectivity index (χ0v) is 11.8. The minimum atomic E-state index is 0.196. The molecule has 0 spiro atoms. The highest BCUT2D eigenvalue weighted by Gasteiger charge is 2.26. The highest BCUT2D eigenvalue weighted by atomic mass is 16.5. The molecule has 1 aromatic rings. The summed E-state index contributed by atoms with van der Waals surface area (Å²) in [5.74, 6) is 0. The molecule has 2 heterocycles. The fourth-order valence-corrected chi connectivity index (χ4v) is 3.14. The maximum Gasteiger partial charge on any atom is 0.0642 e. The fourth-order valence-electron chi connectivity index (χ4n) is 3.14. The average Bonchev–Trinajstić information content (AvgIpc) is 2.97. The molecule has 0 aromatic heterocycles. The van der Waals surface area contributed by atoms with Crippen LogP contribution in [-0.4, -0.2) is 50.6 Å². The summed E-state index contributed by atoms with van der Waals surface area (Å²) >= 11 is 0. The van der Waals surface area contributed by atoms with Crippen molar-refractivity contribution in [2.75, 3.05) is 55.0 Å². The topological polar surface area (TPSA) is 62.0 Å². The molecule has 2 aliphatic rings. The van der Waals surface area contributed by atoms with E-state index in [4.69, 9.17) is 10.5 Å². The summed E-state index contributed by atoms with van der Waals surface area (Å²) < 4.78 is 5.40. The summed E-state index contributed by atoms with van der Waals surface area (Å²) in [4.78, 5) is 4.58. The first-order chi connectivity index (χ1) is 9.79. The average molecular weight is 277 g/mol. The van der Waals surface area contributed by atoms with Crippen molar-refractivity contribution in [3.8, 4) is 0 Å². The van der Waals surface area contributed by atoms with Crippen LogP contribution in [0.25, 0.3) is 0 Å². The van der Waals surface area contributed by atoms with Crippen LogP contribution in [0.2, 0.25) is 0 Å². The van der Waals surface area contributed by atoms with E-state index >= 15 is 0 Å². The third-order valence-corrected chi connectivity index (χ3v) is 4.29. The molecule has 2 saturated heterocycles. The molecule has 1 atom stereocenters. The maximum atomic E-state index is 9.50. The number of rotatable bonds is 3. The summed E-state index contributed by atoms with van der Waals surface area (Å²) in [6, 6.07) is 6.42. The lowest BCUT2D eigenvalue weighted by Gasteiger charge is -2.32. The van der Waals surface area contributed by atoms with E-state index < -0.39 is 0 Å². The van der Waals surface area contributed by atoms with Gasteiger partial charge in [-0.3, -0.25) is 0 Å². The van der Waals surface area contributed by atoms with Crippen molar-refractivity contribution in [2.45, 2.75) is 18.9 Å². The Morgan fingerprint density at radius 3 is 2.80 bits per heavy atom. The lowest BCUT2D eigenvalue weighted by molar-refractivity contribution is 0.122. The first-order valence-electron chi connectivity index (χ1n) is 7.39. The van der Waals surface area contributed by atoms with Crippen LogP contribution in [-0.2, 0) is 4.74 Å². The van der Waals surface area contributed by atoms with Crippen molar-refractivity contribution < 1.29 is 9.84 Å². The van der Waals surface area contributed by atoms with Crippen LogP contribution in [0.3, 0.4) is 0 Å². The Morgan fingerprint density at radius 1 is 1.25 bits per heavy atom. The van der Waals surface area contributed by atoms with Crippen molar-refractivity contribution in [1.29, 1.82) is 0 Å². The van der Waals surface area contributed by atoms with E-state index in [1.54, 1.807) is 0 Å². The van der Waals surface area contributed by atoms with Gasteiger partial charge >= 0.3 is 0 Å². The van der Waals surface area contributed by atoms with Gasteiger partial charge in [-0.1, -0.05) is 0 Å². The third kappa shape index (κ3) is 2.55. The molecule has 5 heteroatoms. The number of hydrogen-bond acceptors (Lipinski definition) is 5. The minimum Gasteiger partial charge on any atom is -0.397 e. The van der Waals surface area contributed by atoms with Gasteiger partial charge in [0.15, 0.2) is 0 Å². The van der Waals surface area contributed by atoms with Crippen LogP contribution in [0.1, 0.15) is 12.8 Å². The van der Waals surface area contributed by atoms with E-state index in [-0.39, 0.29) is 12.6 Å². The smallest absolute Gasteiger partial charge is 0.0642 e.